The molecule has 1 fully saturated rings. The Morgan fingerprint density at radius 2 is 1.72 bits per heavy atom. The first kappa shape index (κ1) is 19.9. The van der Waals surface area contributed by atoms with E-state index in [1.54, 1.807) is 18.1 Å². The number of carbonyl (C=O) groups is 1. The highest BCUT2D eigenvalue weighted by molar-refractivity contribution is 6.17. The molecular weight excluding hydrogens is 408 g/mol. The van der Waals surface area contributed by atoms with Gasteiger partial charge in [0.1, 0.15) is 17.3 Å². The van der Waals surface area contributed by atoms with Crippen molar-refractivity contribution in [3.63, 3.8) is 0 Å². The molecule has 3 heterocycles. The van der Waals surface area contributed by atoms with Gasteiger partial charge in [0.2, 0.25) is 5.88 Å². The molecule has 0 saturated carbocycles. The zero-order chi connectivity index (χ0) is 22.2. The number of rotatable bonds is 3. The molecule has 2 aromatic heterocycles. The lowest BCUT2D eigenvalue weighted by Crippen LogP contribution is -2.49. The van der Waals surface area contributed by atoms with Gasteiger partial charge in [0, 0.05) is 49.8 Å². The fourth-order valence-electron chi connectivity index (χ4n) is 4.20. The quantitative estimate of drug-likeness (QED) is 0.482. The van der Waals surface area contributed by atoms with Gasteiger partial charge >= 0.3 is 0 Å². The summed E-state index contributed by atoms with van der Waals surface area (Å²) in [6, 6.07) is 15.7. The molecular formula is C24H22N4O4. The van der Waals surface area contributed by atoms with E-state index in [1.807, 2.05) is 36.4 Å². The van der Waals surface area contributed by atoms with Crippen LogP contribution in [0.25, 0.3) is 21.8 Å². The predicted octanol–water partition coefficient (Wildman–Crippen LogP) is 3.17. The number of anilines is 1. The Labute approximate surface area is 184 Å². The van der Waals surface area contributed by atoms with Crippen molar-refractivity contribution >= 4 is 33.5 Å². The molecule has 1 aliphatic rings. The second-order valence-corrected chi connectivity index (χ2v) is 7.68. The Morgan fingerprint density at radius 3 is 2.50 bits per heavy atom. The van der Waals surface area contributed by atoms with Crippen LogP contribution in [-0.2, 0) is 0 Å². The molecule has 1 aliphatic heterocycles. The van der Waals surface area contributed by atoms with E-state index in [9.17, 15) is 15.0 Å². The molecule has 4 aromatic rings. The van der Waals surface area contributed by atoms with E-state index < -0.39 is 0 Å². The molecule has 0 aliphatic carbocycles. The number of aromatic nitrogens is 2. The first-order valence-electron chi connectivity index (χ1n) is 10.3. The van der Waals surface area contributed by atoms with Gasteiger partial charge in [0.25, 0.3) is 5.91 Å². The SMILES string of the molecule is COc1cccc(N2CCN(C(=O)c3c4ccccc4nc4cc(O)cc(O)c34)CC2)n1. The minimum atomic E-state index is -0.173. The Hall–Kier alpha value is -4.07. The molecule has 1 saturated heterocycles. The zero-order valence-corrected chi connectivity index (χ0v) is 17.5. The van der Waals surface area contributed by atoms with E-state index in [2.05, 4.69) is 14.9 Å². The lowest BCUT2D eigenvalue weighted by Gasteiger charge is -2.35. The lowest BCUT2D eigenvalue weighted by molar-refractivity contribution is 0.0750. The minimum Gasteiger partial charge on any atom is -0.508 e. The molecule has 0 radical (unpaired) electrons. The van der Waals surface area contributed by atoms with Gasteiger partial charge in [-0.25, -0.2) is 4.98 Å². The largest absolute Gasteiger partial charge is 0.508 e. The van der Waals surface area contributed by atoms with Crippen molar-refractivity contribution in [3.05, 3.63) is 60.2 Å². The van der Waals surface area contributed by atoms with Crippen molar-refractivity contribution < 1.29 is 19.7 Å². The van der Waals surface area contributed by atoms with Crippen molar-refractivity contribution in [2.24, 2.45) is 0 Å². The minimum absolute atomic E-state index is 0.101. The topological polar surface area (TPSA) is 99.0 Å². The summed E-state index contributed by atoms with van der Waals surface area (Å²) in [4.78, 5) is 26.6. The summed E-state index contributed by atoms with van der Waals surface area (Å²) < 4.78 is 5.21. The average molecular weight is 430 g/mol. The van der Waals surface area contributed by atoms with Gasteiger partial charge in [0.15, 0.2) is 0 Å². The van der Waals surface area contributed by atoms with Crippen molar-refractivity contribution in [1.29, 1.82) is 0 Å². The first-order chi connectivity index (χ1) is 15.5. The van der Waals surface area contributed by atoms with E-state index in [0.717, 1.165) is 5.82 Å². The number of aromatic hydroxyl groups is 2. The second-order valence-electron chi connectivity index (χ2n) is 7.68. The number of amides is 1. The monoisotopic (exact) mass is 430 g/mol. The number of fused-ring (bicyclic) bond motifs is 2. The van der Waals surface area contributed by atoms with Crippen LogP contribution in [0, 0.1) is 0 Å². The third-order valence-electron chi connectivity index (χ3n) is 5.77. The van der Waals surface area contributed by atoms with E-state index in [1.165, 1.54) is 12.1 Å². The third kappa shape index (κ3) is 3.39. The van der Waals surface area contributed by atoms with Crippen molar-refractivity contribution in [2.45, 2.75) is 0 Å². The maximum absolute atomic E-state index is 13.7. The molecule has 32 heavy (non-hydrogen) atoms. The number of benzene rings is 2. The van der Waals surface area contributed by atoms with Crippen LogP contribution in [0.3, 0.4) is 0 Å². The van der Waals surface area contributed by atoms with Crippen molar-refractivity contribution in [1.82, 2.24) is 14.9 Å². The lowest BCUT2D eigenvalue weighted by atomic mass is 10.00. The van der Waals surface area contributed by atoms with Crippen LogP contribution >= 0.6 is 0 Å². The molecule has 162 valence electrons. The summed E-state index contributed by atoms with van der Waals surface area (Å²) in [5.74, 6) is 0.920. The number of nitrogens with zero attached hydrogens (tertiary/aromatic N) is 4. The first-order valence-corrected chi connectivity index (χ1v) is 10.3. The van der Waals surface area contributed by atoms with Gasteiger partial charge in [-0.2, -0.15) is 4.98 Å². The summed E-state index contributed by atoms with van der Waals surface area (Å²) in [5.41, 5.74) is 1.41. The summed E-state index contributed by atoms with van der Waals surface area (Å²) in [5, 5.41) is 21.5. The van der Waals surface area contributed by atoms with Gasteiger partial charge in [0.05, 0.1) is 29.1 Å². The third-order valence-corrected chi connectivity index (χ3v) is 5.77. The highest BCUT2D eigenvalue weighted by atomic mass is 16.5. The summed E-state index contributed by atoms with van der Waals surface area (Å²) in [7, 11) is 1.58. The van der Waals surface area contributed by atoms with Crippen LogP contribution in [0.4, 0.5) is 5.82 Å². The maximum Gasteiger partial charge on any atom is 0.255 e. The Kier molecular flexibility index (Phi) is 4.89. The number of para-hydroxylation sites is 1. The summed E-state index contributed by atoms with van der Waals surface area (Å²) in [6.07, 6.45) is 0. The van der Waals surface area contributed by atoms with Gasteiger partial charge in [-0.3, -0.25) is 4.79 Å². The number of piperazine rings is 1. The molecule has 0 spiro atoms. The van der Waals surface area contributed by atoms with Crippen LogP contribution in [0.1, 0.15) is 10.4 Å². The molecule has 0 atom stereocenters. The smallest absolute Gasteiger partial charge is 0.255 e. The molecule has 2 aromatic carbocycles. The standard InChI is InChI=1S/C24H22N4O4/c1-32-21-8-4-7-20(26-21)27-9-11-28(12-10-27)24(31)22-16-5-2-3-6-17(16)25-18-13-15(29)14-19(30)23(18)22/h2-8,13-14,29-30H,9-12H2,1H3. The fraction of sp³-hybridized carbons (Fsp3) is 0.208. The molecule has 5 rings (SSSR count). The average Bonchev–Trinajstić information content (AvgIpc) is 2.82. The molecule has 8 heteroatoms. The van der Waals surface area contributed by atoms with Gasteiger partial charge in [-0.15, -0.1) is 0 Å². The van der Waals surface area contributed by atoms with Gasteiger partial charge < -0.3 is 24.7 Å². The molecule has 2 N–H and O–H groups in total. The molecule has 8 nitrogen and oxygen atoms in total. The van der Waals surface area contributed by atoms with Crippen molar-refractivity contribution in [2.75, 3.05) is 38.2 Å². The van der Waals surface area contributed by atoms with Crippen LogP contribution < -0.4 is 9.64 Å². The number of hydrogen-bond donors (Lipinski definition) is 2. The number of ether oxygens (including phenoxy) is 1. The number of phenolic OH excluding ortho intramolecular Hbond substituents is 2. The van der Waals surface area contributed by atoms with Crippen molar-refractivity contribution in [3.8, 4) is 17.4 Å². The van der Waals surface area contributed by atoms with Crippen LogP contribution in [0.15, 0.2) is 54.6 Å². The van der Waals surface area contributed by atoms with E-state index in [4.69, 9.17) is 4.74 Å². The second kappa shape index (κ2) is 7.88. The van der Waals surface area contributed by atoms with Crippen LogP contribution in [0.2, 0.25) is 0 Å². The molecule has 0 bridgehead atoms. The Balaban J connectivity index is 1.50. The summed E-state index contributed by atoms with van der Waals surface area (Å²) in [6.45, 7) is 2.27. The van der Waals surface area contributed by atoms with Gasteiger partial charge in [-0.05, 0) is 12.1 Å². The Bertz CT molecular complexity index is 1330. The van der Waals surface area contributed by atoms with E-state index in [0.29, 0.717) is 59.4 Å². The van der Waals surface area contributed by atoms with E-state index >= 15 is 0 Å². The van der Waals surface area contributed by atoms with Gasteiger partial charge in [-0.1, -0.05) is 24.3 Å². The fourth-order valence-corrected chi connectivity index (χ4v) is 4.20. The predicted molar refractivity (Wildman–Crippen MR) is 121 cm³/mol. The summed E-state index contributed by atoms with van der Waals surface area (Å²) >= 11 is 0. The Morgan fingerprint density at radius 1 is 0.938 bits per heavy atom. The number of carbonyl (C=O) groups excluding carboxylic acids is 1. The van der Waals surface area contributed by atoms with E-state index in [-0.39, 0.29) is 17.4 Å². The van der Waals surface area contributed by atoms with Crippen LogP contribution in [-0.4, -0.2) is 64.3 Å². The maximum atomic E-state index is 13.7. The van der Waals surface area contributed by atoms with Crippen LogP contribution in [0.5, 0.6) is 17.4 Å². The zero-order valence-electron chi connectivity index (χ0n) is 17.5. The molecule has 0 unspecified atom stereocenters. The molecule has 1 amide bonds. The number of hydrogen-bond acceptors (Lipinski definition) is 7. The number of methoxy groups -OCH3 is 1. The number of phenols is 2. The normalized spacial score (nSPS) is 14.2. The highest BCUT2D eigenvalue weighted by Gasteiger charge is 2.27. The highest BCUT2D eigenvalue weighted by Crippen LogP contribution is 2.36. The number of pyridine rings is 2.